The number of rotatable bonds is 0. The summed E-state index contributed by atoms with van der Waals surface area (Å²) in [6, 6.07) is 2.20. The highest BCUT2D eigenvalue weighted by Gasteiger charge is 2.07. The number of hydrogen-bond acceptors (Lipinski definition) is 0. The van der Waals surface area contributed by atoms with E-state index in [2.05, 4.69) is 17.2 Å². The number of aromatic amines is 1. The topological polar surface area (TPSA) is 15.8 Å². The quantitative estimate of drug-likeness (QED) is 0.587. The molecule has 62 valence electrons. The van der Waals surface area contributed by atoms with Crippen molar-refractivity contribution in [1.29, 1.82) is 0 Å². The Kier molecular flexibility index (Phi) is 3.21. The first kappa shape index (κ1) is 8.38. The molecule has 11 heavy (non-hydrogen) atoms. The zero-order valence-corrected chi connectivity index (χ0v) is 7.48. The smallest absolute Gasteiger partial charge is 0.0179 e. The van der Waals surface area contributed by atoms with Crippen LogP contribution in [-0.2, 0) is 12.8 Å². The molecule has 0 saturated carbocycles. The van der Waals surface area contributed by atoms with Gasteiger partial charge in [0.05, 0.1) is 0 Å². The lowest BCUT2D eigenvalue weighted by molar-refractivity contribution is 0.677. The first-order valence-electron chi connectivity index (χ1n) is 4.62. The standard InChI is InChI=1S/C8H11N.C2H6/c1-2-4-8-7(3-1)5-6-9-8;1-2/h5-6,9H,1-4H2;1-2H3. The van der Waals surface area contributed by atoms with Crippen LogP contribution in [0.5, 0.6) is 0 Å². The fourth-order valence-electron chi connectivity index (χ4n) is 1.52. The molecule has 1 nitrogen and oxygen atoms in total. The van der Waals surface area contributed by atoms with Gasteiger partial charge in [0.2, 0.25) is 0 Å². The molecular weight excluding hydrogens is 134 g/mol. The fourth-order valence-corrected chi connectivity index (χ4v) is 1.52. The number of aromatic nitrogens is 1. The van der Waals surface area contributed by atoms with Gasteiger partial charge in [-0.1, -0.05) is 13.8 Å². The molecule has 1 heterocycles. The Bertz CT molecular complexity index is 180. The van der Waals surface area contributed by atoms with Crippen molar-refractivity contribution in [2.24, 2.45) is 0 Å². The average molecular weight is 151 g/mol. The van der Waals surface area contributed by atoms with Crippen LogP contribution in [0.2, 0.25) is 0 Å². The van der Waals surface area contributed by atoms with E-state index >= 15 is 0 Å². The van der Waals surface area contributed by atoms with Gasteiger partial charge in [0.15, 0.2) is 0 Å². The SMILES string of the molecule is CC.c1cc2c([nH]1)CCCC2. The van der Waals surface area contributed by atoms with E-state index in [1.807, 2.05) is 13.8 Å². The lowest BCUT2D eigenvalue weighted by Crippen LogP contribution is -1.99. The van der Waals surface area contributed by atoms with Crippen LogP contribution in [0.4, 0.5) is 0 Å². The van der Waals surface area contributed by atoms with E-state index in [9.17, 15) is 0 Å². The van der Waals surface area contributed by atoms with Crippen molar-refractivity contribution in [3.8, 4) is 0 Å². The summed E-state index contributed by atoms with van der Waals surface area (Å²) in [4.78, 5) is 3.26. The summed E-state index contributed by atoms with van der Waals surface area (Å²) in [6.45, 7) is 4.00. The van der Waals surface area contributed by atoms with E-state index in [0.29, 0.717) is 0 Å². The molecule has 0 aliphatic heterocycles. The molecule has 0 spiro atoms. The first-order chi connectivity index (χ1) is 5.47. The number of nitrogens with one attached hydrogen (secondary N) is 1. The van der Waals surface area contributed by atoms with E-state index in [0.717, 1.165) is 0 Å². The van der Waals surface area contributed by atoms with Gasteiger partial charge in [-0.05, 0) is 37.3 Å². The Morgan fingerprint density at radius 1 is 1.18 bits per heavy atom. The number of fused-ring (bicyclic) bond motifs is 1. The van der Waals surface area contributed by atoms with E-state index in [1.165, 1.54) is 31.4 Å². The minimum atomic E-state index is 1.27. The summed E-state index contributed by atoms with van der Waals surface area (Å²) < 4.78 is 0. The van der Waals surface area contributed by atoms with Crippen molar-refractivity contribution in [3.63, 3.8) is 0 Å². The van der Waals surface area contributed by atoms with Crippen molar-refractivity contribution in [2.75, 3.05) is 0 Å². The highest BCUT2D eigenvalue weighted by atomic mass is 14.7. The predicted molar refractivity (Wildman–Crippen MR) is 48.8 cm³/mol. The molecule has 0 aromatic carbocycles. The average Bonchev–Trinajstić information content (AvgIpc) is 2.55. The van der Waals surface area contributed by atoms with Crippen molar-refractivity contribution >= 4 is 0 Å². The van der Waals surface area contributed by atoms with Crippen LogP contribution in [0.15, 0.2) is 12.3 Å². The monoisotopic (exact) mass is 151 g/mol. The van der Waals surface area contributed by atoms with Crippen LogP contribution < -0.4 is 0 Å². The molecule has 1 aromatic heterocycles. The Morgan fingerprint density at radius 2 is 1.91 bits per heavy atom. The Hall–Kier alpha value is -0.720. The third-order valence-electron chi connectivity index (χ3n) is 2.05. The molecule has 0 radical (unpaired) electrons. The van der Waals surface area contributed by atoms with Crippen molar-refractivity contribution < 1.29 is 0 Å². The van der Waals surface area contributed by atoms with Gasteiger partial charge in [-0.25, -0.2) is 0 Å². The maximum Gasteiger partial charge on any atom is 0.0179 e. The van der Waals surface area contributed by atoms with E-state index in [-0.39, 0.29) is 0 Å². The van der Waals surface area contributed by atoms with Gasteiger partial charge in [-0.2, -0.15) is 0 Å². The predicted octanol–water partition coefficient (Wildman–Crippen LogP) is 2.92. The minimum absolute atomic E-state index is 1.27. The van der Waals surface area contributed by atoms with Crippen molar-refractivity contribution in [3.05, 3.63) is 23.5 Å². The molecular formula is C10H17N. The number of hydrogen-bond donors (Lipinski definition) is 1. The second-order valence-electron chi connectivity index (χ2n) is 2.69. The Morgan fingerprint density at radius 3 is 2.64 bits per heavy atom. The highest BCUT2D eigenvalue weighted by molar-refractivity contribution is 5.22. The summed E-state index contributed by atoms with van der Waals surface area (Å²) in [7, 11) is 0. The van der Waals surface area contributed by atoms with Gasteiger partial charge in [-0.3, -0.25) is 0 Å². The third-order valence-corrected chi connectivity index (χ3v) is 2.05. The summed E-state index contributed by atoms with van der Waals surface area (Å²) in [5, 5.41) is 0. The molecule has 1 aliphatic carbocycles. The molecule has 1 heteroatoms. The molecule has 0 unspecified atom stereocenters. The van der Waals surface area contributed by atoms with Crippen LogP contribution in [0, 0.1) is 0 Å². The molecule has 0 fully saturated rings. The molecule has 0 bridgehead atoms. The van der Waals surface area contributed by atoms with Crippen LogP contribution in [-0.4, -0.2) is 4.98 Å². The second-order valence-corrected chi connectivity index (χ2v) is 2.69. The summed E-state index contributed by atoms with van der Waals surface area (Å²) in [6.07, 6.45) is 7.36. The highest BCUT2D eigenvalue weighted by Crippen LogP contribution is 2.18. The van der Waals surface area contributed by atoms with E-state index in [1.54, 1.807) is 5.56 Å². The van der Waals surface area contributed by atoms with Crippen LogP contribution in [0.25, 0.3) is 0 Å². The lowest BCUT2D eigenvalue weighted by atomic mass is 9.98. The third kappa shape index (κ3) is 1.86. The van der Waals surface area contributed by atoms with Gasteiger partial charge in [-0.15, -0.1) is 0 Å². The maximum absolute atomic E-state index is 3.26. The first-order valence-corrected chi connectivity index (χ1v) is 4.62. The molecule has 0 saturated heterocycles. The molecule has 0 atom stereocenters. The summed E-state index contributed by atoms with van der Waals surface area (Å²) >= 11 is 0. The van der Waals surface area contributed by atoms with Gasteiger partial charge < -0.3 is 4.98 Å². The lowest BCUT2D eigenvalue weighted by Gasteiger charge is -2.08. The zero-order valence-electron chi connectivity index (χ0n) is 7.48. The van der Waals surface area contributed by atoms with Crippen LogP contribution in [0.3, 0.4) is 0 Å². The number of H-pyrrole nitrogens is 1. The Labute approximate surface area is 68.8 Å². The normalized spacial score (nSPS) is 14.7. The fraction of sp³-hybridized carbons (Fsp3) is 0.600. The van der Waals surface area contributed by atoms with Crippen molar-refractivity contribution in [2.45, 2.75) is 39.5 Å². The minimum Gasteiger partial charge on any atom is -0.365 e. The largest absolute Gasteiger partial charge is 0.365 e. The zero-order chi connectivity index (χ0) is 8.10. The molecule has 0 amide bonds. The van der Waals surface area contributed by atoms with Gasteiger partial charge in [0, 0.05) is 11.9 Å². The summed E-state index contributed by atoms with van der Waals surface area (Å²) in [5.74, 6) is 0. The summed E-state index contributed by atoms with van der Waals surface area (Å²) in [5.41, 5.74) is 3.02. The van der Waals surface area contributed by atoms with Gasteiger partial charge >= 0.3 is 0 Å². The van der Waals surface area contributed by atoms with Crippen LogP contribution in [0.1, 0.15) is 37.9 Å². The Balaban J connectivity index is 0.000000281. The molecule has 1 aliphatic rings. The molecule has 2 rings (SSSR count). The van der Waals surface area contributed by atoms with E-state index < -0.39 is 0 Å². The van der Waals surface area contributed by atoms with Gasteiger partial charge in [0.25, 0.3) is 0 Å². The van der Waals surface area contributed by atoms with Crippen LogP contribution >= 0.6 is 0 Å². The van der Waals surface area contributed by atoms with Crippen molar-refractivity contribution in [1.82, 2.24) is 4.98 Å². The van der Waals surface area contributed by atoms with E-state index in [4.69, 9.17) is 0 Å². The second kappa shape index (κ2) is 4.22. The molecule has 1 aromatic rings. The molecule has 1 N–H and O–H groups in total. The number of aryl methyl sites for hydroxylation is 2. The van der Waals surface area contributed by atoms with Gasteiger partial charge in [0.1, 0.15) is 0 Å². The maximum atomic E-state index is 3.26.